The zero-order valence-electron chi connectivity index (χ0n) is 18.9. The molecule has 2 aromatic heterocycles. The SMILES string of the molecule is Brc1ccc2oc3ccccc3c2c1.C1CCOC1.O[B]Oc1ccc2oc3ccccc3c2c1. The minimum atomic E-state index is 0.585. The lowest BCUT2D eigenvalue weighted by Gasteiger charge is -1.99. The molecular weight excluding hydrogens is 507 g/mol. The molecular formula is C28H23BBrO5. The van der Waals surface area contributed by atoms with Crippen molar-refractivity contribution in [1.29, 1.82) is 0 Å². The first kappa shape index (κ1) is 23.5. The van der Waals surface area contributed by atoms with Crippen LogP contribution in [-0.4, -0.2) is 25.9 Å². The molecule has 3 heterocycles. The van der Waals surface area contributed by atoms with Gasteiger partial charge in [0.05, 0.1) is 0 Å². The highest BCUT2D eigenvalue weighted by Crippen LogP contribution is 2.31. The van der Waals surface area contributed by atoms with E-state index in [1.165, 1.54) is 18.2 Å². The Morgan fingerprint density at radius 1 is 0.657 bits per heavy atom. The van der Waals surface area contributed by atoms with Crippen molar-refractivity contribution >= 4 is 67.5 Å². The lowest BCUT2D eigenvalue weighted by atomic mass is 10.1. The van der Waals surface area contributed by atoms with Gasteiger partial charge in [0, 0.05) is 39.2 Å². The molecule has 1 N–H and O–H groups in total. The number of para-hydroxylation sites is 2. The second-order valence-corrected chi connectivity index (χ2v) is 8.95. The number of benzene rings is 4. The van der Waals surface area contributed by atoms with Crippen molar-refractivity contribution in [1.82, 2.24) is 0 Å². The summed E-state index contributed by atoms with van der Waals surface area (Å²) in [7, 11) is 0.670. The molecule has 1 aliphatic rings. The van der Waals surface area contributed by atoms with Crippen LogP contribution in [0.5, 0.6) is 5.75 Å². The predicted octanol–water partition coefficient (Wildman–Crippen LogP) is 7.64. The van der Waals surface area contributed by atoms with E-state index in [-0.39, 0.29) is 0 Å². The summed E-state index contributed by atoms with van der Waals surface area (Å²) in [4.78, 5) is 0. The van der Waals surface area contributed by atoms with Gasteiger partial charge in [-0.15, -0.1) is 0 Å². The minimum Gasteiger partial charge on any atom is -0.537 e. The summed E-state index contributed by atoms with van der Waals surface area (Å²) in [6.07, 6.45) is 2.56. The number of ether oxygens (including phenoxy) is 1. The summed E-state index contributed by atoms with van der Waals surface area (Å²) in [5.41, 5.74) is 3.55. The van der Waals surface area contributed by atoms with Gasteiger partial charge < -0.3 is 23.2 Å². The van der Waals surface area contributed by atoms with E-state index in [0.29, 0.717) is 13.4 Å². The third kappa shape index (κ3) is 5.38. The normalized spacial score (nSPS) is 12.9. The molecule has 7 rings (SSSR count). The van der Waals surface area contributed by atoms with E-state index in [1.54, 1.807) is 6.07 Å². The number of furan rings is 2. The topological polar surface area (TPSA) is 65.0 Å². The van der Waals surface area contributed by atoms with E-state index in [9.17, 15) is 0 Å². The van der Waals surface area contributed by atoms with Crippen LogP contribution in [0.25, 0.3) is 43.9 Å². The maximum Gasteiger partial charge on any atom is 0.569 e. The lowest BCUT2D eigenvalue weighted by molar-refractivity contribution is 0.198. The van der Waals surface area contributed by atoms with E-state index in [2.05, 4.69) is 28.1 Å². The molecule has 5 nitrogen and oxygen atoms in total. The van der Waals surface area contributed by atoms with Crippen LogP contribution in [0.4, 0.5) is 0 Å². The Kier molecular flexibility index (Phi) is 7.38. The number of hydrogen-bond donors (Lipinski definition) is 1. The van der Waals surface area contributed by atoms with Crippen molar-refractivity contribution in [3.8, 4) is 5.75 Å². The van der Waals surface area contributed by atoms with E-state index in [1.807, 2.05) is 66.7 Å². The van der Waals surface area contributed by atoms with Crippen LogP contribution in [0.2, 0.25) is 0 Å². The zero-order valence-corrected chi connectivity index (χ0v) is 20.5. The number of hydrogen-bond acceptors (Lipinski definition) is 5. The molecule has 0 unspecified atom stereocenters. The zero-order chi connectivity index (χ0) is 24.0. The van der Waals surface area contributed by atoms with Crippen LogP contribution in [0.15, 0.2) is 98.2 Å². The Morgan fingerprint density at radius 3 is 1.77 bits per heavy atom. The van der Waals surface area contributed by atoms with Gasteiger partial charge in [-0.1, -0.05) is 52.3 Å². The average molecular weight is 530 g/mol. The van der Waals surface area contributed by atoms with Gasteiger partial charge in [0.2, 0.25) is 0 Å². The molecule has 0 aliphatic carbocycles. The van der Waals surface area contributed by atoms with Gasteiger partial charge in [0.25, 0.3) is 0 Å². The summed E-state index contributed by atoms with van der Waals surface area (Å²) in [5.74, 6) is 0.585. The van der Waals surface area contributed by atoms with Gasteiger partial charge in [-0.3, -0.25) is 0 Å². The molecule has 1 saturated heterocycles. The van der Waals surface area contributed by atoms with Gasteiger partial charge in [0.1, 0.15) is 28.1 Å². The van der Waals surface area contributed by atoms with Gasteiger partial charge in [-0.2, -0.15) is 0 Å². The van der Waals surface area contributed by atoms with Gasteiger partial charge >= 0.3 is 7.69 Å². The molecule has 0 bridgehead atoms. The molecule has 175 valence electrons. The fourth-order valence-electron chi connectivity index (χ4n) is 4.05. The van der Waals surface area contributed by atoms with Crippen molar-refractivity contribution in [2.45, 2.75) is 12.8 Å². The second kappa shape index (κ2) is 11.0. The number of rotatable bonds is 2. The van der Waals surface area contributed by atoms with Crippen LogP contribution in [0.1, 0.15) is 12.8 Å². The first-order valence-corrected chi connectivity index (χ1v) is 12.2. The summed E-state index contributed by atoms with van der Waals surface area (Å²) in [5, 5.41) is 12.9. The third-order valence-corrected chi connectivity index (χ3v) is 6.20. The predicted molar refractivity (Wildman–Crippen MR) is 144 cm³/mol. The fourth-order valence-corrected chi connectivity index (χ4v) is 4.41. The molecule has 0 spiro atoms. The molecule has 7 heteroatoms. The molecule has 1 radical (unpaired) electrons. The van der Waals surface area contributed by atoms with Crippen LogP contribution in [-0.2, 0) is 4.74 Å². The number of fused-ring (bicyclic) bond motifs is 6. The molecule has 0 saturated carbocycles. The van der Waals surface area contributed by atoms with Crippen LogP contribution < -0.4 is 4.65 Å². The monoisotopic (exact) mass is 529 g/mol. The third-order valence-electron chi connectivity index (χ3n) is 5.70. The van der Waals surface area contributed by atoms with E-state index in [4.69, 9.17) is 23.2 Å². The molecule has 1 aliphatic heterocycles. The molecule has 0 atom stereocenters. The van der Waals surface area contributed by atoms with Crippen LogP contribution >= 0.6 is 15.9 Å². The summed E-state index contributed by atoms with van der Waals surface area (Å²) in [6.45, 7) is 2.00. The van der Waals surface area contributed by atoms with Gasteiger partial charge in [-0.05, 0) is 61.4 Å². The number of halogens is 1. The Bertz CT molecular complexity index is 1560. The summed E-state index contributed by atoms with van der Waals surface area (Å²) >= 11 is 3.46. The van der Waals surface area contributed by atoms with Crippen molar-refractivity contribution in [2.24, 2.45) is 0 Å². The van der Waals surface area contributed by atoms with Crippen LogP contribution in [0, 0.1) is 0 Å². The standard InChI is InChI=1S/C12H8BO3.C12H7BrO.C4H8O/c14-13-16-8-5-6-12-10(7-8)9-3-1-2-4-11(9)15-12;13-8-5-6-12-10(7-8)9-3-1-2-4-11(9)14-12;1-2-4-5-3-1/h1-7,14H;1-7H;1-4H2. The first-order chi connectivity index (χ1) is 17.2. The Labute approximate surface area is 211 Å². The molecule has 4 aromatic carbocycles. The maximum absolute atomic E-state index is 8.58. The van der Waals surface area contributed by atoms with Gasteiger partial charge in [-0.25, -0.2) is 0 Å². The van der Waals surface area contributed by atoms with Crippen molar-refractivity contribution in [3.05, 3.63) is 89.4 Å². The van der Waals surface area contributed by atoms with E-state index >= 15 is 0 Å². The maximum atomic E-state index is 8.58. The van der Waals surface area contributed by atoms with Crippen molar-refractivity contribution in [2.75, 3.05) is 13.2 Å². The molecule has 0 amide bonds. The average Bonchev–Trinajstić information content (AvgIpc) is 3.64. The highest BCUT2D eigenvalue weighted by molar-refractivity contribution is 9.10. The molecule has 6 aromatic rings. The quantitative estimate of drug-likeness (QED) is 0.233. The Balaban J connectivity index is 0.000000122. The first-order valence-electron chi connectivity index (χ1n) is 11.4. The fraction of sp³-hybridized carbons (Fsp3) is 0.143. The molecule has 35 heavy (non-hydrogen) atoms. The Hall–Kier alpha value is -3.26. The van der Waals surface area contributed by atoms with E-state index in [0.717, 1.165) is 56.2 Å². The van der Waals surface area contributed by atoms with Crippen molar-refractivity contribution in [3.63, 3.8) is 0 Å². The summed E-state index contributed by atoms with van der Waals surface area (Å²) < 4.78 is 22.3. The highest BCUT2D eigenvalue weighted by atomic mass is 79.9. The van der Waals surface area contributed by atoms with Crippen molar-refractivity contribution < 1.29 is 23.2 Å². The Morgan fingerprint density at radius 2 is 1.20 bits per heavy atom. The highest BCUT2D eigenvalue weighted by Gasteiger charge is 2.07. The lowest BCUT2D eigenvalue weighted by Crippen LogP contribution is -1.98. The minimum absolute atomic E-state index is 0.585. The van der Waals surface area contributed by atoms with Gasteiger partial charge in [0.15, 0.2) is 0 Å². The smallest absolute Gasteiger partial charge is 0.537 e. The summed E-state index contributed by atoms with van der Waals surface area (Å²) in [6, 6.07) is 27.4. The second-order valence-electron chi connectivity index (χ2n) is 8.04. The van der Waals surface area contributed by atoms with E-state index < -0.39 is 0 Å². The molecule has 1 fully saturated rings. The van der Waals surface area contributed by atoms with Crippen LogP contribution in [0.3, 0.4) is 0 Å². The largest absolute Gasteiger partial charge is 0.569 e.